The number of halogens is 1. The number of hydroxylamine groups is 1. The number of hydrogen-bond donors (Lipinski definition) is 0. The maximum absolute atomic E-state index is 6.07. The van der Waals surface area contributed by atoms with Gasteiger partial charge in [-0.05, 0) is 42.8 Å². The van der Waals surface area contributed by atoms with Crippen molar-refractivity contribution < 1.29 is 9.25 Å². The van der Waals surface area contributed by atoms with Crippen LogP contribution in [0.4, 0.5) is 5.69 Å². The molecule has 98 valence electrons. The van der Waals surface area contributed by atoms with Crippen LogP contribution < -0.4 is 5.06 Å². The van der Waals surface area contributed by atoms with Crippen molar-refractivity contribution in [3.63, 3.8) is 0 Å². The fourth-order valence-corrected chi connectivity index (χ4v) is 3.20. The van der Waals surface area contributed by atoms with E-state index in [2.05, 4.69) is 0 Å². The van der Waals surface area contributed by atoms with Gasteiger partial charge >= 0.3 is 0 Å². The first-order valence-electron chi connectivity index (χ1n) is 6.51. The van der Waals surface area contributed by atoms with E-state index in [0.717, 1.165) is 35.1 Å². The third-order valence-electron chi connectivity index (χ3n) is 3.85. The first-order chi connectivity index (χ1) is 9.20. The predicted molar refractivity (Wildman–Crippen MR) is 73.3 cm³/mol. The predicted octanol–water partition coefficient (Wildman–Crippen LogP) is 4.05. The molecule has 0 aliphatic carbocycles. The molecule has 1 saturated heterocycles. The molecule has 3 nitrogen and oxygen atoms in total. The van der Waals surface area contributed by atoms with E-state index in [1.54, 1.807) is 0 Å². The van der Waals surface area contributed by atoms with Crippen molar-refractivity contribution in [1.82, 2.24) is 0 Å². The van der Waals surface area contributed by atoms with Gasteiger partial charge in [0.05, 0.1) is 11.8 Å². The molecule has 4 heteroatoms. The average Bonchev–Trinajstić information content (AvgIpc) is 2.94. The van der Waals surface area contributed by atoms with Crippen molar-refractivity contribution in [2.75, 3.05) is 5.06 Å². The van der Waals surface area contributed by atoms with Gasteiger partial charge in [0.2, 0.25) is 0 Å². The Morgan fingerprint density at radius 3 is 2.95 bits per heavy atom. The molecule has 2 aromatic rings. The largest absolute Gasteiger partial charge is 0.464 e. The van der Waals surface area contributed by atoms with Gasteiger partial charge < -0.3 is 4.42 Å². The number of hydrogen-bond acceptors (Lipinski definition) is 3. The summed E-state index contributed by atoms with van der Waals surface area (Å²) in [6.07, 6.45) is 2.10. The SMILES string of the molecule is Cc1ccc([C@@H]2C[C@H]3Cc4cc(Cl)ccc4N2O3)o1. The molecule has 0 unspecified atom stereocenters. The molecule has 19 heavy (non-hydrogen) atoms. The van der Waals surface area contributed by atoms with Crippen LogP contribution in [0.25, 0.3) is 0 Å². The molecule has 0 amide bonds. The molecule has 0 N–H and O–H groups in total. The highest BCUT2D eigenvalue weighted by molar-refractivity contribution is 6.30. The normalized spacial score (nSPS) is 24.6. The fourth-order valence-electron chi connectivity index (χ4n) is 3.01. The van der Waals surface area contributed by atoms with Gasteiger partial charge in [-0.1, -0.05) is 11.6 Å². The van der Waals surface area contributed by atoms with Gasteiger partial charge in [0.1, 0.15) is 17.6 Å². The lowest BCUT2D eigenvalue weighted by atomic mass is 10.0. The monoisotopic (exact) mass is 275 g/mol. The van der Waals surface area contributed by atoms with Crippen molar-refractivity contribution in [3.05, 3.63) is 52.4 Å². The van der Waals surface area contributed by atoms with Crippen LogP contribution >= 0.6 is 11.6 Å². The number of fused-ring (bicyclic) bond motifs is 4. The van der Waals surface area contributed by atoms with E-state index in [-0.39, 0.29) is 12.1 Å². The first kappa shape index (κ1) is 11.4. The Bertz CT molecular complexity index is 637. The summed E-state index contributed by atoms with van der Waals surface area (Å²) in [7, 11) is 0. The van der Waals surface area contributed by atoms with E-state index in [1.807, 2.05) is 42.3 Å². The summed E-state index contributed by atoms with van der Waals surface area (Å²) < 4.78 is 5.77. The highest BCUT2D eigenvalue weighted by Gasteiger charge is 2.41. The molecular weight excluding hydrogens is 262 g/mol. The number of benzene rings is 1. The molecule has 2 bridgehead atoms. The summed E-state index contributed by atoms with van der Waals surface area (Å²) in [5.74, 6) is 1.91. The van der Waals surface area contributed by atoms with E-state index < -0.39 is 0 Å². The average molecular weight is 276 g/mol. The zero-order valence-corrected chi connectivity index (χ0v) is 11.4. The summed E-state index contributed by atoms with van der Waals surface area (Å²) in [6.45, 7) is 1.97. The zero-order valence-electron chi connectivity index (χ0n) is 10.6. The minimum atomic E-state index is 0.168. The van der Waals surface area contributed by atoms with Crippen molar-refractivity contribution >= 4 is 17.3 Å². The minimum Gasteiger partial charge on any atom is -0.464 e. The number of furan rings is 1. The molecule has 4 rings (SSSR count). The van der Waals surface area contributed by atoms with Crippen LogP contribution in [-0.2, 0) is 11.3 Å². The molecule has 2 aliphatic heterocycles. The van der Waals surface area contributed by atoms with Crippen LogP contribution in [-0.4, -0.2) is 6.10 Å². The molecule has 0 spiro atoms. The van der Waals surface area contributed by atoms with Crippen LogP contribution in [0.5, 0.6) is 0 Å². The lowest BCUT2D eigenvalue weighted by molar-refractivity contribution is 0.0724. The number of rotatable bonds is 1. The summed E-state index contributed by atoms with van der Waals surface area (Å²) in [5, 5.41) is 2.77. The van der Waals surface area contributed by atoms with Crippen molar-refractivity contribution in [3.8, 4) is 0 Å². The maximum atomic E-state index is 6.07. The molecule has 1 fully saturated rings. The van der Waals surface area contributed by atoms with Crippen molar-refractivity contribution in [2.24, 2.45) is 0 Å². The molecular formula is C15H14ClNO2. The van der Waals surface area contributed by atoms with Gasteiger partial charge in [0, 0.05) is 17.9 Å². The van der Waals surface area contributed by atoms with Crippen LogP contribution in [0, 0.1) is 6.92 Å². The smallest absolute Gasteiger partial charge is 0.129 e. The Morgan fingerprint density at radius 1 is 1.26 bits per heavy atom. The van der Waals surface area contributed by atoms with Crippen molar-refractivity contribution in [2.45, 2.75) is 31.9 Å². The lowest BCUT2D eigenvalue weighted by Crippen LogP contribution is -2.27. The summed E-state index contributed by atoms with van der Waals surface area (Å²) >= 11 is 6.07. The molecule has 0 saturated carbocycles. The third-order valence-corrected chi connectivity index (χ3v) is 4.08. The standard InChI is InChI=1S/C15H14ClNO2/c1-9-2-5-15(18-9)14-8-12-7-10-6-11(16)3-4-13(10)17(14)19-12/h2-6,12,14H,7-8H2,1H3/t12-,14+/m1/s1. The van der Waals surface area contributed by atoms with Gasteiger partial charge in [-0.25, -0.2) is 5.06 Å². The van der Waals surface area contributed by atoms with Crippen LogP contribution in [0.1, 0.15) is 29.5 Å². The van der Waals surface area contributed by atoms with Crippen LogP contribution in [0.3, 0.4) is 0 Å². The number of aryl methyl sites for hydroxylation is 1. The zero-order chi connectivity index (χ0) is 13.0. The Hall–Kier alpha value is -1.45. The van der Waals surface area contributed by atoms with Gasteiger partial charge in [-0.15, -0.1) is 0 Å². The van der Waals surface area contributed by atoms with E-state index in [0.29, 0.717) is 0 Å². The lowest BCUT2D eigenvalue weighted by Gasteiger charge is -2.29. The molecule has 1 aromatic heterocycles. The van der Waals surface area contributed by atoms with E-state index in [9.17, 15) is 0 Å². The van der Waals surface area contributed by atoms with Gasteiger partial charge in [-0.3, -0.25) is 4.84 Å². The highest BCUT2D eigenvalue weighted by atomic mass is 35.5. The fraction of sp³-hybridized carbons (Fsp3) is 0.333. The van der Waals surface area contributed by atoms with E-state index in [4.69, 9.17) is 20.9 Å². The highest BCUT2D eigenvalue weighted by Crippen LogP contribution is 2.45. The number of anilines is 1. The van der Waals surface area contributed by atoms with Gasteiger partial charge in [-0.2, -0.15) is 0 Å². The molecule has 2 aliphatic rings. The maximum Gasteiger partial charge on any atom is 0.129 e. The second-order valence-corrected chi connectivity index (χ2v) is 5.67. The second kappa shape index (κ2) is 4.02. The minimum absolute atomic E-state index is 0.168. The van der Waals surface area contributed by atoms with Gasteiger partial charge in [0.25, 0.3) is 0 Å². The summed E-state index contributed by atoms with van der Waals surface area (Å²) in [6, 6.07) is 10.2. The molecule has 0 radical (unpaired) electrons. The van der Waals surface area contributed by atoms with Crippen LogP contribution in [0.15, 0.2) is 34.7 Å². The molecule has 1 aromatic carbocycles. The molecule has 3 heterocycles. The van der Waals surface area contributed by atoms with E-state index >= 15 is 0 Å². The Balaban J connectivity index is 1.77. The molecule has 2 atom stereocenters. The number of nitrogens with zero attached hydrogens (tertiary/aromatic N) is 1. The third kappa shape index (κ3) is 1.77. The second-order valence-electron chi connectivity index (χ2n) is 5.23. The van der Waals surface area contributed by atoms with Gasteiger partial charge in [0.15, 0.2) is 0 Å². The summed E-state index contributed by atoms with van der Waals surface area (Å²) in [4.78, 5) is 5.97. The van der Waals surface area contributed by atoms with E-state index in [1.165, 1.54) is 5.56 Å². The Morgan fingerprint density at radius 2 is 2.16 bits per heavy atom. The summed E-state index contributed by atoms with van der Waals surface area (Å²) in [5.41, 5.74) is 2.37. The Kier molecular flexibility index (Phi) is 2.41. The quantitative estimate of drug-likeness (QED) is 0.785. The van der Waals surface area contributed by atoms with Crippen LogP contribution in [0.2, 0.25) is 5.02 Å². The topological polar surface area (TPSA) is 25.6 Å². The Labute approximate surface area is 116 Å². The van der Waals surface area contributed by atoms with Crippen molar-refractivity contribution in [1.29, 1.82) is 0 Å². The first-order valence-corrected chi connectivity index (χ1v) is 6.89.